The molecule has 0 saturated heterocycles. The predicted octanol–water partition coefficient (Wildman–Crippen LogP) is 0.993. The third-order valence-electron chi connectivity index (χ3n) is 2.95. The molecule has 0 aliphatic heterocycles. The van der Waals surface area contributed by atoms with Gasteiger partial charge >= 0.3 is 0 Å². The third-order valence-corrected chi connectivity index (χ3v) is 2.95. The molecular formula is C12H24N4O2. The van der Waals surface area contributed by atoms with Crippen LogP contribution in [0.5, 0.6) is 0 Å². The van der Waals surface area contributed by atoms with Crippen LogP contribution in [-0.2, 0) is 11.3 Å². The van der Waals surface area contributed by atoms with Crippen LogP contribution in [0.25, 0.3) is 0 Å². The number of aromatic nitrogens is 2. The summed E-state index contributed by atoms with van der Waals surface area (Å²) < 4.78 is 6.78. The number of hydrogen-bond donors (Lipinski definition) is 3. The van der Waals surface area contributed by atoms with Gasteiger partial charge in [0.2, 0.25) is 0 Å². The highest BCUT2D eigenvalue weighted by atomic mass is 16.5. The number of nitrogens with one attached hydrogen (secondary N) is 1. The second kappa shape index (κ2) is 6.06. The SMILES string of the molecule is CCn1nc(C)c(N)c1NCC(C)(O)CCOC. The predicted molar refractivity (Wildman–Crippen MR) is 72.7 cm³/mol. The number of nitrogen functional groups attached to an aromatic ring is 1. The van der Waals surface area contributed by atoms with Crippen molar-refractivity contribution in [3.05, 3.63) is 5.69 Å². The Bertz CT molecular complexity index is 388. The molecule has 1 rings (SSSR count). The Hall–Kier alpha value is -1.27. The maximum absolute atomic E-state index is 10.2. The minimum Gasteiger partial charge on any atom is -0.394 e. The van der Waals surface area contributed by atoms with Crippen molar-refractivity contribution in [2.75, 3.05) is 31.3 Å². The van der Waals surface area contributed by atoms with Crippen molar-refractivity contribution in [2.45, 2.75) is 39.3 Å². The lowest BCUT2D eigenvalue weighted by atomic mass is 10.0. The monoisotopic (exact) mass is 256 g/mol. The number of ether oxygens (including phenoxy) is 1. The summed E-state index contributed by atoms with van der Waals surface area (Å²) in [7, 11) is 1.62. The van der Waals surface area contributed by atoms with Gasteiger partial charge in [0.1, 0.15) is 5.82 Å². The summed E-state index contributed by atoms with van der Waals surface area (Å²) in [5, 5.41) is 17.6. The fraction of sp³-hybridized carbons (Fsp3) is 0.750. The van der Waals surface area contributed by atoms with Crippen LogP contribution in [0.2, 0.25) is 0 Å². The van der Waals surface area contributed by atoms with Crippen LogP contribution in [0.1, 0.15) is 26.0 Å². The van der Waals surface area contributed by atoms with E-state index >= 15 is 0 Å². The molecule has 0 bridgehead atoms. The highest BCUT2D eigenvalue weighted by Gasteiger charge is 2.21. The van der Waals surface area contributed by atoms with E-state index < -0.39 is 5.60 Å². The van der Waals surface area contributed by atoms with Gasteiger partial charge in [-0.3, -0.25) is 0 Å². The van der Waals surface area contributed by atoms with Crippen molar-refractivity contribution in [1.82, 2.24) is 9.78 Å². The molecule has 1 aromatic rings. The summed E-state index contributed by atoms with van der Waals surface area (Å²) in [6, 6.07) is 0. The topological polar surface area (TPSA) is 85.3 Å². The lowest BCUT2D eigenvalue weighted by Gasteiger charge is -2.24. The Balaban J connectivity index is 2.68. The third kappa shape index (κ3) is 3.61. The molecule has 1 heterocycles. The summed E-state index contributed by atoms with van der Waals surface area (Å²) >= 11 is 0. The zero-order valence-electron chi connectivity index (χ0n) is 11.7. The minimum atomic E-state index is -0.834. The minimum absolute atomic E-state index is 0.408. The van der Waals surface area contributed by atoms with Crippen LogP contribution in [0.4, 0.5) is 11.5 Å². The lowest BCUT2D eigenvalue weighted by Crippen LogP contribution is -2.35. The maximum atomic E-state index is 10.2. The smallest absolute Gasteiger partial charge is 0.148 e. The van der Waals surface area contributed by atoms with Crippen LogP contribution < -0.4 is 11.1 Å². The zero-order valence-corrected chi connectivity index (χ0v) is 11.7. The average Bonchev–Trinajstić information content (AvgIpc) is 2.60. The van der Waals surface area contributed by atoms with Crippen LogP contribution in [0.15, 0.2) is 0 Å². The fourth-order valence-electron chi connectivity index (χ4n) is 1.70. The van der Waals surface area contributed by atoms with E-state index in [-0.39, 0.29) is 0 Å². The standard InChI is InChI=1S/C12H24N4O2/c1-5-16-11(10(13)9(2)15-16)14-8-12(3,17)6-7-18-4/h14,17H,5-8,13H2,1-4H3. The van der Waals surface area contributed by atoms with Crippen molar-refractivity contribution < 1.29 is 9.84 Å². The molecule has 0 amide bonds. The van der Waals surface area contributed by atoms with Gasteiger partial charge in [-0.1, -0.05) is 0 Å². The van der Waals surface area contributed by atoms with Crippen molar-refractivity contribution >= 4 is 11.5 Å². The Kier molecular flexibility index (Phi) is 4.98. The normalized spacial score (nSPS) is 14.5. The molecule has 1 aromatic heterocycles. The molecule has 6 nitrogen and oxygen atoms in total. The fourth-order valence-corrected chi connectivity index (χ4v) is 1.70. The number of nitrogens with zero attached hydrogens (tertiary/aromatic N) is 2. The highest BCUT2D eigenvalue weighted by Crippen LogP contribution is 2.23. The van der Waals surface area contributed by atoms with E-state index in [9.17, 15) is 5.11 Å². The van der Waals surface area contributed by atoms with Gasteiger partial charge in [-0.2, -0.15) is 5.10 Å². The highest BCUT2D eigenvalue weighted by molar-refractivity contribution is 5.64. The quantitative estimate of drug-likeness (QED) is 0.677. The largest absolute Gasteiger partial charge is 0.394 e. The summed E-state index contributed by atoms with van der Waals surface area (Å²) in [4.78, 5) is 0. The lowest BCUT2D eigenvalue weighted by molar-refractivity contribution is 0.0356. The van der Waals surface area contributed by atoms with E-state index in [1.807, 2.05) is 13.8 Å². The number of methoxy groups -OCH3 is 1. The molecule has 0 aliphatic rings. The first-order valence-corrected chi connectivity index (χ1v) is 6.19. The van der Waals surface area contributed by atoms with Crippen LogP contribution >= 0.6 is 0 Å². The molecule has 104 valence electrons. The molecule has 4 N–H and O–H groups in total. The van der Waals surface area contributed by atoms with Gasteiger partial charge in [0.25, 0.3) is 0 Å². The summed E-state index contributed by atoms with van der Waals surface area (Å²) in [6.07, 6.45) is 0.565. The molecule has 0 aliphatic carbocycles. The second-order valence-corrected chi connectivity index (χ2v) is 4.76. The second-order valence-electron chi connectivity index (χ2n) is 4.76. The number of rotatable bonds is 7. The number of aryl methyl sites for hydroxylation is 2. The van der Waals surface area contributed by atoms with Gasteiger partial charge in [-0.05, 0) is 20.8 Å². The Morgan fingerprint density at radius 2 is 2.22 bits per heavy atom. The van der Waals surface area contributed by atoms with Gasteiger partial charge in [0.15, 0.2) is 0 Å². The summed E-state index contributed by atoms with van der Waals surface area (Å²) in [6.45, 7) is 7.31. The van der Waals surface area contributed by atoms with Gasteiger partial charge < -0.3 is 20.9 Å². The van der Waals surface area contributed by atoms with E-state index in [1.54, 1.807) is 18.7 Å². The average molecular weight is 256 g/mol. The molecule has 18 heavy (non-hydrogen) atoms. The van der Waals surface area contributed by atoms with E-state index in [0.29, 0.717) is 25.3 Å². The van der Waals surface area contributed by atoms with E-state index in [2.05, 4.69) is 10.4 Å². The Labute approximate surface area is 108 Å². The number of aliphatic hydroxyl groups is 1. The number of anilines is 2. The molecule has 1 unspecified atom stereocenters. The molecule has 0 radical (unpaired) electrons. The van der Waals surface area contributed by atoms with Crippen LogP contribution in [-0.4, -0.2) is 40.7 Å². The van der Waals surface area contributed by atoms with E-state index in [1.165, 1.54) is 0 Å². The Morgan fingerprint density at radius 1 is 1.56 bits per heavy atom. The maximum Gasteiger partial charge on any atom is 0.148 e. The molecule has 0 saturated carbocycles. The van der Waals surface area contributed by atoms with Crippen molar-refractivity contribution in [3.63, 3.8) is 0 Å². The number of hydrogen-bond acceptors (Lipinski definition) is 5. The van der Waals surface area contributed by atoms with E-state index in [0.717, 1.165) is 18.1 Å². The first-order valence-electron chi connectivity index (χ1n) is 6.19. The first kappa shape index (κ1) is 14.8. The summed E-state index contributed by atoms with van der Waals surface area (Å²) in [5.74, 6) is 0.771. The summed E-state index contributed by atoms with van der Waals surface area (Å²) in [5.41, 5.74) is 6.56. The van der Waals surface area contributed by atoms with Gasteiger partial charge in [-0.25, -0.2) is 4.68 Å². The molecule has 0 aromatic carbocycles. The molecule has 1 atom stereocenters. The molecular weight excluding hydrogens is 232 g/mol. The van der Waals surface area contributed by atoms with Crippen LogP contribution in [0.3, 0.4) is 0 Å². The van der Waals surface area contributed by atoms with Crippen LogP contribution in [0, 0.1) is 6.92 Å². The van der Waals surface area contributed by atoms with Crippen molar-refractivity contribution in [3.8, 4) is 0 Å². The van der Waals surface area contributed by atoms with Crippen molar-refractivity contribution in [2.24, 2.45) is 0 Å². The van der Waals surface area contributed by atoms with E-state index in [4.69, 9.17) is 10.5 Å². The van der Waals surface area contributed by atoms with Gasteiger partial charge in [0, 0.05) is 33.2 Å². The zero-order chi connectivity index (χ0) is 13.8. The molecule has 0 fully saturated rings. The molecule has 0 spiro atoms. The first-order chi connectivity index (χ1) is 8.41. The molecule has 6 heteroatoms. The number of nitrogens with two attached hydrogens (primary N) is 1. The van der Waals surface area contributed by atoms with Gasteiger partial charge in [0.05, 0.1) is 17.0 Å². The van der Waals surface area contributed by atoms with Gasteiger partial charge in [-0.15, -0.1) is 0 Å². The van der Waals surface area contributed by atoms with Crippen molar-refractivity contribution in [1.29, 1.82) is 0 Å². The Morgan fingerprint density at radius 3 is 2.78 bits per heavy atom.